The van der Waals surface area contributed by atoms with Crippen molar-refractivity contribution in [2.45, 2.75) is 57.7 Å². The molecule has 0 spiro atoms. The maximum Gasteiger partial charge on any atom is 0.272 e. The Morgan fingerprint density at radius 3 is 2.71 bits per heavy atom. The highest BCUT2D eigenvalue weighted by molar-refractivity contribution is 5.96. The van der Waals surface area contributed by atoms with E-state index in [0.29, 0.717) is 30.9 Å². The average Bonchev–Trinajstić information content (AvgIpc) is 3.66. The van der Waals surface area contributed by atoms with Crippen LogP contribution in [0.5, 0.6) is 0 Å². The smallest absolute Gasteiger partial charge is 0.272 e. The zero-order chi connectivity index (χ0) is 26.8. The highest BCUT2D eigenvalue weighted by atomic mass is 19.1. The molecule has 1 aliphatic heterocycles. The van der Waals surface area contributed by atoms with Gasteiger partial charge in [-0.3, -0.25) is 19.1 Å². The number of H-pyrrole nitrogens is 1. The maximum absolute atomic E-state index is 13.6. The number of halogens is 1. The van der Waals surface area contributed by atoms with Crippen LogP contribution in [0.1, 0.15) is 76.3 Å². The third-order valence-corrected chi connectivity index (χ3v) is 7.57. The van der Waals surface area contributed by atoms with Crippen LogP contribution in [-0.4, -0.2) is 49.8 Å². The number of aromatic amines is 1. The number of hydrogen-bond donors (Lipinski definition) is 2. The summed E-state index contributed by atoms with van der Waals surface area (Å²) in [4.78, 5) is 43.2. The first-order valence-corrected chi connectivity index (χ1v) is 13.0. The van der Waals surface area contributed by atoms with Crippen LogP contribution in [0.2, 0.25) is 0 Å². The standard InChI is InChI=1S/C29H32FN5O3/c1-3-23(36)14-20-8-11-22(13-20)32-28(37)26-24-17-34(29(38)25-5-4-12-31-25)15-18(2)27(24)35(33-26)16-19-6-9-21(30)10-7-19/h3-7,9-10,12,18,20,22,31H,1,8,11,13-17H2,2H3,(H,32,37)/t18-,20?,22?/m1/s1. The van der Waals surface area contributed by atoms with Crippen LogP contribution in [0.3, 0.4) is 0 Å². The van der Waals surface area contributed by atoms with Gasteiger partial charge in [0, 0.05) is 42.4 Å². The van der Waals surface area contributed by atoms with E-state index in [1.165, 1.54) is 18.2 Å². The second-order valence-electron chi connectivity index (χ2n) is 10.4. The van der Waals surface area contributed by atoms with E-state index in [2.05, 4.69) is 16.9 Å². The van der Waals surface area contributed by atoms with Crippen LogP contribution in [0.15, 0.2) is 55.3 Å². The number of fused-ring (bicyclic) bond motifs is 1. The number of aromatic nitrogens is 3. The molecule has 3 heterocycles. The van der Waals surface area contributed by atoms with Crippen molar-refractivity contribution < 1.29 is 18.8 Å². The SMILES string of the molecule is C=CC(=O)CC1CCC(NC(=O)c2nn(Cc3ccc(F)cc3)c3c2CN(C(=O)c2ccc[nH]2)C[C@H]3C)C1. The van der Waals surface area contributed by atoms with Crippen molar-refractivity contribution in [3.63, 3.8) is 0 Å². The Labute approximate surface area is 220 Å². The zero-order valence-electron chi connectivity index (χ0n) is 21.5. The van der Waals surface area contributed by atoms with Crippen molar-refractivity contribution in [1.29, 1.82) is 0 Å². The molecule has 1 aromatic carbocycles. The Morgan fingerprint density at radius 2 is 2.00 bits per heavy atom. The van der Waals surface area contributed by atoms with Crippen molar-refractivity contribution in [2.75, 3.05) is 6.54 Å². The molecular formula is C29H32FN5O3. The molecule has 2 N–H and O–H groups in total. The summed E-state index contributed by atoms with van der Waals surface area (Å²) in [6, 6.07) is 9.72. The van der Waals surface area contributed by atoms with Gasteiger partial charge < -0.3 is 15.2 Å². The fourth-order valence-corrected chi connectivity index (χ4v) is 5.76. The summed E-state index contributed by atoms with van der Waals surface area (Å²) in [6.45, 7) is 6.72. The van der Waals surface area contributed by atoms with Crippen molar-refractivity contribution in [1.82, 2.24) is 25.0 Å². The molecule has 198 valence electrons. The minimum atomic E-state index is -0.312. The quantitative estimate of drug-likeness (QED) is 0.438. The number of carbonyl (C=O) groups is 3. The van der Waals surface area contributed by atoms with Crippen molar-refractivity contribution >= 4 is 17.6 Å². The second-order valence-corrected chi connectivity index (χ2v) is 10.4. The van der Waals surface area contributed by atoms with Gasteiger partial charge in [0.15, 0.2) is 11.5 Å². The first-order valence-electron chi connectivity index (χ1n) is 13.0. The number of allylic oxidation sites excluding steroid dienone is 1. The van der Waals surface area contributed by atoms with Gasteiger partial charge in [-0.1, -0.05) is 25.6 Å². The van der Waals surface area contributed by atoms with Gasteiger partial charge in [-0.25, -0.2) is 4.39 Å². The predicted octanol–water partition coefficient (Wildman–Crippen LogP) is 4.20. The van der Waals surface area contributed by atoms with Crippen LogP contribution in [0.4, 0.5) is 4.39 Å². The molecule has 1 aliphatic carbocycles. The summed E-state index contributed by atoms with van der Waals surface area (Å²) in [5.74, 6) is -0.529. The van der Waals surface area contributed by atoms with Crippen LogP contribution in [0, 0.1) is 11.7 Å². The molecule has 5 rings (SSSR count). The topological polar surface area (TPSA) is 100 Å². The Kier molecular flexibility index (Phi) is 7.26. The summed E-state index contributed by atoms with van der Waals surface area (Å²) < 4.78 is 15.3. The molecule has 1 saturated carbocycles. The molecule has 3 aromatic rings. The first-order chi connectivity index (χ1) is 18.3. The molecule has 3 atom stereocenters. The summed E-state index contributed by atoms with van der Waals surface area (Å²) in [5.41, 5.74) is 3.32. The van der Waals surface area contributed by atoms with Gasteiger partial charge >= 0.3 is 0 Å². The molecule has 8 nitrogen and oxygen atoms in total. The number of ketones is 1. The van der Waals surface area contributed by atoms with Gasteiger partial charge in [0.25, 0.3) is 11.8 Å². The lowest BCUT2D eigenvalue weighted by atomic mass is 9.95. The molecule has 2 aliphatic rings. The number of nitrogens with zero attached hydrogens (tertiary/aromatic N) is 3. The third-order valence-electron chi connectivity index (χ3n) is 7.57. The van der Waals surface area contributed by atoms with E-state index in [1.54, 1.807) is 35.4 Å². The molecule has 2 unspecified atom stereocenters. The van der Waals surface area contributed by atoms with Crippen LogP contribution >= 0.6 is 0 Å². The molecule has 2 aromatic heterocycles. The summed E-state index contributed by atoms with van der Waals surface area (Å²) in [7, 11) is 0. The van der Waals surface area contributed by atoms with Crippen LogP contribution in [-0.2, 0) is 17.9 Å². The van der Waals surface area contributed by atoms with E-state index < -0.39 is 0 Å². The number of carbonyl (C=O) groups excluding carboxylic acids is 3. The van der Waals surface area contributed by atoms with E-state index >= 15 is 0 Å². The lowest BCUT2D eigenvalue weighted by molar-refractivity contribution is -0.115. The number of amides is 2. The summed E-state index contributed by atoms with van der Waals surface area (Å²) >= 11 is 0. The first kappa shape index (κ1) is 25.6. The van der Waals surface area contributed by atoms with E-state index in [-0.39, 0.29) is 47.8 Å². The summed E-state index contributed by atoms with van der Waals surface area (Å²) in [5, 5.41) is 7.86. The molecule has 9 heteroatoms. The molecule has 0 radical (unpaired) electrons. The zero-order valence-corrected chi connectivity index (χ0v) is 21.5. The molecule has 0 bridgehead atoms. The monoisotopic (exact) mass is 517 g/mol. The average molecular weight is 518 g/mol. The van der Waals surface area contributed by atoms with Gasteiger partial charge in [-0.2, -0.15) is 5.10 Å². The lowest BCUT2D eigenvalue weighted by Crippen LogP contribution is -2.39. The van der Waals surface area contributed by atoms with Crippen molar-refractivity contribution in [3.8, 4) is 0 Å². The largest absolute Gasteiger partial charge is 0.357 e. The minimum Gasteiger partial charge on any atom is -0.357 e. The van der Waals surface area contributed by atoms with Gasteiger partial charge in [0.2, 0.25) is 0 Å². The van der Waals surface area contributed by atoms with Gasteiger partial charge in [0.05, 0.1) is 13.1 Å². The highest BCUT2D eigenvalue weighted by Gasteiger charge is 2.36. The molecule has 38 heavy (non-hydrogen) atoms. The Balaban J connectivity index is 1.41. The molecule has 0 saturated heterocycles. The number of rotatable bonds is 8. The second kappa shape index (κ2) is 10.8. The normalized spacial score (nSPS) is 20.7. The number of hydrogen-bond acceptors (Lipinski definition) is 4. The van der Waals surface area contributed by atoms with E-state index in [9.17, 15) is 18.8 Å². The Bertz CT molecular complexity index is 1350. The highest BCUT2D eigenvalue weighted by Crippen LogP contribution is 2.33. The number of nitrogens with one attached hydrogen (secondary N) is 2. The Morgan fingerprint density at radius 1 is 1.21 bits per heavy atom. The maximum atomic E-state index is 13.6. The fraction of sp³-hybridized carbons (Fsp3) is 0.379. The van der Waals surface area contributed by atoms with Crippen LogP contribution < -0.4 is 5.32 Å². The van der Waals surface area contributed by atoms with Gasteiger partial charge in [0.1, 0.15) is 11.5 Å². The van der Waals surface area contributed by atoms with E-state index in [1.807, 2.05) is 11.6 Å². The minimum absolute atomic E-state index is 0.0244. The molecular weight excluding hydrogens is 485 g/mol. The lowest BCUT2D eigenvalue weighted by Gasteiger charge is -2.32. The van der Waals surface area contributed by atoms with Crippen LogP contribution in [0.25, 0.3) is 0 Å². The predicted molar refractivity (Wildman–Crippen MR) is 140 cm³/mol. The third kappa shape index (κ3) is 5.32. The fourth-order valence-electron chi connectivity index (χ4n) is 5.76. The molecule has 1 fully saturated rings. The van der Waals surface area contributed by atoms with E-state index in [0.717, 1.165) is 36.1 Å². The van der Waals surface area contributed by atoms with E-state index in [4.69, 9.17) is 5.10 Å². The summed E-state index contributed by atoms with van der Waals surface area (Å²) in [6.07, 6.45) is 5.92. The van der Waals surface area contributed by atoms with Gasteiger partial charge in [-0.05, 0) is 61.1 Å². The van der Waals surface area contributed by atoms with Crippen molar-refractivity contribution in [3.05, 3.63) is 89.3 Å². The van der Waals surface area contributed by atoms with Crippen molar-refractivity contribution in [2.24, 2.45) is 5.92 Å². The number of benzene rings is 1. The molecule has 2 amide bonds. The van der Waals surface area contributed by atoms with Gasteiger partial charge in [-0.15, -0.1) is 0 Å². The Hall–Kier alpha value is -4.01.